The van der Waals surface area contributed by atoms with Crippen LogP contribution in [-0.4, -0.2) is 55.3 Å². The van der Waals surface area contributed by atoms with Crippen LogP contribution in [0.2, 0.25) is 0 Å². The van der Waals surface area contributed by atoms with Crippen molar-refractivity contribution in [2.24, 2.45) is 0 Å². The summed E-state index contributed by atoms with van der Waals surface area (Å²) in [5, 5.41) is 0. The number of rotatable bonds is 1. The molecular weight excluding hydrogens is 260 g/mol. The van der Waals surface area contributed by atoms with Gasteiger partial charge in [0.1, 0.15) is 5.75 Å². The number of hydrogen-bond donors (Lipinski definition) is 0. The summed E-state index contributed by atoms with van der Waals surface area (Å²) in [5.41, 5.74) is 0. The molecule has 1 saturated heterocycles. The first-order chi connectivity index (χ1) is 9.70. The quantitative estimate of drug-likeness (QED) is 0.788. The summed E-state index contributed by atoms with van der Waals surface area (Å²) in [5.74, 6) is 0.520. The van der Waals surface area contributed by atoms with Crippen molar-refractivity contribution >= 4 is 12.2 Å². The van der Waals surface area contributed by atoms with Crippen LogP contribution in [0.1, 0.15) is 6.42 Å². The first-order valence-electron chi connectivity index (χ1n) is 6.55. The maximum atomic E-state index is 12.0. The molecule has 0 saturated carbocycles. The van der Waals surface area contributed by atoms with E-state index in [2.05, 4.69) is 4.74 Å². The molecule has 1 aliphatic rings. The molecule has 0 unspecified atom stereocenters. The molecule has 0 atom stereocenters. The normalized spacial score (nSPS) is 15.4. The van der Waals surface area contributed by atoms with Gasteiger partial charge >= 0.3 is 12.2 Å². The van der Waals surface area contributed by atoms with Crippen molar-refractivity contribution in [1.82, 2.24) is 9.80 Å². The molecule has 2 amide bonds. The van der Waals surface area contributed by atoms with Crippen molar-refractivity contribution in [3.05, 3.63) is 30.3 Å². The lowest BCUT2D eigenvalue weighted by atomic mass is 10.3. The molecule has 1 heterocycles. The van der Waals surface area contributed by atoms with Gasteiger partial charge in [0.2, 0.25) is 0 Å². The SMILES string of the molecule is COC(=O)N1CCCN(C(=O)Oc2ccccc2)CC1. The molecule has 0 aromatic heterocycles. The number of methoxy groups -OCH3 is 1. The zero-order valence-electron chi connectivity index (χ0n) is 11.4. The monoisotopic (exact) mass is 278 g/mol. The summed E-state index contributed by atoms with van der Waals surface area (Å²) in [4.78, 5) is 26.7. The van der Waals surface area contributed by atoms with Gasteiger partial charge in [-0.05, 0) is 18.6 Å². The lowest BCUT2D eigenvalue weighted by Gasteiger charge is -2.20. The molecule has 6 nitrogen and oxygen atoms in total. The Morgan fingerprint density at radius 3 is 2.15 bits per heavy atom. The van der Waals surface area contributed by atoms with Gasteiger partial charge < -0.3 is 19.3 Å². The Morgan fingerprint density at radius 1 is 0.950 bits per heavy atom. The predicted molar refractivity (Wildman–Crippen MR) is 72.6 cm³/mol. The van der Waals surface area contributed by atoms with Crippen LogP contribution in [0.5, 0.6) is 5.75 Å². The molecule has 0 spiro atoms. The van der Waals surface area contributed by atoms with E-state index in [1.54, 1.807) is 21.9 Å². The van der Waals surface area contributed by atoms with Crippen molar-refractivity contribution in [2.75, 3.05) is 33.3 Å². The second-order valence-electron chi connectivity index (χ2n) is 4.48. The minimum absolute atomic E-state index is 0.358. The van der Waals surface area contributed by atoms with Crippen LogP contribution >= 0.6 is 0 Å². The first kappa shape index (κ1) is 14.2. The Kier molecular flexibility index (Phi) is 4.81. The van der Waals surface area contributed by atoms with Crippen LogP contribution in [0.3, 0.4) is 0 Å². The van der Waals surface area contributed by atoms with E-state index in [0.717, 1.165) is 0 Å². The van der Waals surface area contributed by atoms with Crippen LogP contribution < -0.4 is 4.74 Å². The molecule has 0 N–H and O–H groups in total. The Bertz CT molecular complexity index is 464. The van der Waals surface area contributed by atoms with E-state index in [1.807, 2.05) is 18.2 Å². The van der Waals surface area contributed by atoms with Gasteiger partial charge in [-0.25, -0.2) is 9.59 Å². The number of hydrogen-bond acceptors (Lipinski definition) is 4. The van der Waals surface area contributed by atoms with E-state index >= 15 is 0 Å². The molecule has 20 heavy (non-hydrogen) atoms. The van der Waals surface area contributed by atoms with E-state index in [9.17, 15) is 9.59 Å². The molecule has 0 bridgehead atoms. The van der Waals surface area contributed by atoms with Gasteiger partial charge in [0.25, 0.3) is 0 Å². The maximum absolute atomic E-state index is 12.0. The van der Waals surface area contributed by atoms with E-state index in [-0.39, 0.29) is 12.2 Å². The maximum Gasteiger partial charge on any atom is 0.415 e. The molecule has 0 radical (unpaired) electrons. The van der Waals surface area contributed by atoms with E-state index in [4.69, 9.17) is 4.74 Å². The Morgan fingerprint density at radius 2 is 1.55 bits per heavy atom. The zero-order valence-corrected chi connectivity index (χ0v) is 11.4. The highest BCUT2D eigenvalue weighted by molar-refractivity contribution is 5.71. The Labute approximate surface area is 117 Å². The van der Waals surface area contributed by atoms with Gasteiger partial charge in [0.15, 0.2) is 0 Å². The van der Waals surface area contributed by atoms with Crippen molar-refractivity contribution in [1.29, 1.82) is 0 Å². The lowest BCUT2D eigenvalue weighted by molar-refractivity contribution is 0.123. The third kappa shape index (κ3) is 3.63. The fourth-order valence-corrected chi connectivity index (χ4v) is 2.07. The zero-order chi connectivity index (χ0) is 14.4. The van der Waals surface area contributed by atoms with Gasteiger partial charge in [-0.2, -0.15) is 0 Å². The Hall–Kier alpha value is -2.24. The number of nitrogens with zero attached hydrogens (tertiary/aromatic N) is 2. The highest BCUT2D eigenvalue weighted by Crippen LogP contribution is 2.12. The van der Waals surface area contributed by atoms with Crippen molar-refractivity contribution in [2.45, 2.75) is 6.42 Å². The molecule has 1 fully saturated rings. The smallest absolute Gasteiger partial charge is 0.415 e. The van der Waals surface area contributed by atoms with Gasteiger partial charge in [0, 0.05) is 26.2 Å². The topological polar surface area (TPSA) is 59.1 Å². The van der Waals surface area contributed by atoms with Crippen LogP contribution in [-0.2, 0) is 4.74 Å². The van der Waals surface area contributed by atoms with Gasteiger partial charge in [-0.1, -0.05) is 18.2 Å². The second-order valence-corrected chi connectivity index (χ2v) is 4.48. The summed E-state index contributed by atoms with van der Waals surface area (Å²) >= 11 is 0. The van der Waals surface area contributed by atoms with Crippen LogP contribution in [0.15, 0.2) is 30.3 Å². The molecule has 1 aromatic carbocycles. The van der Waals surface area contributed by atoms with E-state index in [0.29, 0.717) is 38.3 Å². The minimum Gasteiger partial charge on any atom is -0.453 e. The summed E-state index contributed by atoms with van der Waals surface area (Å²) in [7, 11) is 1.36. The summed E-state index contributed by atoms with van der Waals surface area (Å²) in [6, 6.07) is 8.94. The summed E-state index contributed by atoms with van der Waals surface area (Å²) in [6.45, 7) is 2.05. The number of benzene rings is 1. The number of carbonyl (C=O) groups is 2. The van der Waals surface area contributed by atoms with Gasteiger partial charge in [-0.3, -0.25) is 0 Å². The lowest BCUT2D eigenvalue weighted by Crippen LogP contribution is -2.38. The number of amides is 2. The van der Waals surface area contributed by atoms with Crippen LogP contribution in [0.4, 0.5) is 9.59 Å². The summed E-state index contributed by atoms with van der Waals surface area (Å²) in [6.07, 6.45) is -0.0369. The second kappa shape index (κ2) is 6.79. The average Bonchev–Trinajstić information content (AvgIpc) is 2.73. The fourth-order valence-electron chi connectivity index (χ4n) is 2.07. The van der Waals surface area contributed by atoms with Gasteiger partial charge in [-0.15, -0.1) is 0 Å². The molecule has 6 heteroatoms. The highest BCUT2D eigenvalue weighted by Gasteiger charge is 2.23. The van der Waals surface area contributed by atoms with Crippen LogP contribution in [0.25, 0.3) is 0 Å². The molecule has 2 rings (SSSR count). The van der Waals surface area contributed by atoms with Crippen molar-refractivity contribution in [3.63, 3.8) is 0 Å². The third-order valence-electron chi connectivity index (χ3n) is 3.14. The first-order valence-corrected chi connectivity index (χ1v) is 6.55. The Balaban J connectivity index is 1.90. The fraction of sp³-hybridized carbons (Fsp3) is 0.429. The minimum atomic E-state index is -0.386. The molecule has 1 aliphatic heterocycles. The number of para-hydroxylation sites is 1. The largest absolute Gasteiger partial charge is 0.453 e. The van der Waals surface area contributed by atoms with Crippen molar-refractivity contribution in [3.8, 4) is 5.75 Å². The number of carbonyl (C=O) groups excluding carboxylic acids is 2. The number of ether oxygens (including phenoxy) is 2. The summed E-state index contributed by atoms with van der Waals surface area (Å²) < 4.78 is 9.97. The average molecular weight is 278 g/mol. The molecule has 1 aromatic rings. The highest BCUT2D eigenvalue weighted by atomic mass is 16.6. The molecule has 108 valence electrons. The standard InChI is InChI=1S/C14H18N2O4/c1-19-13(17)15-8-5-9-16(11-10-15)14(18)20-12-6-3-2-4-7-12/h2-4,6-7H,5,8-11H2,1H3. The third-order valence-corrected chi connectivity index (χ3v) is 3.14. The van der Waals surface area contributed by atoms with E-state index in [1.165, 1.54) is 7.11 Å². The molecule has 0 aliphatic carbocycles. The van der Waals surface area contributed by atoms with Crippen molar-refractivity contribution < 1.29 is 19.1 Å². The predicted octanol–water partition coefficient (Wildman–Crippen LogP) is 1.96. The van der Waals surface area contributed by atoms with Gasteiger partial charge in [0.05, 0.1) is 7.11 Å². The van der Waals surface area contributed by atoms with E-state index < -0.39 is 0 Å². The van der Waals surface area contributed by atoms with Crippen LogP contribution in [0, 0.1) is 0 Å². The molecular formula is C14H18N2O4.